The number of carboxylic acids is 1. The Morgan fingerprint density at radius 2 is 1.03 bits per heavy atom. The van der Waals surface area contributed by atoms with Crippen LogP contribution in [0.15, 0.2) is 48.5 Å². The van der Waals surface area contributed by atoms with Gasteiger partial charge in [0.2, 0.25) is 0 Å². The average molecular weight is 1480 g/mol. The Hall–Kier alpha value is -0.520. The molecule has 2 N–H and O–H groups in total. The molecule has 0 radical (unpaired) electrons. The van der Waals surface area contributed by atoms with E-state index < -0.39 is 23.0 Å². The first-order chi connectivity index (χ1) is 27.3. The molecular formula is C41H61I6N4O7-. The van der Waals surface area contributed by atoms with E-state index in [1.165, 1.54) is 19.1 Å². The normalized spacial score (nSPS) is 9.76. The van der Waals surface area contributed by atoms with Gasteiger partial charge in [-0.05, 0) is 90.6 Å². The predicted molar refractivity (Wildman–Crippen MR) is 281 cm³/mol. The number of aryl methyl sites for hydroxylation is 2. The first-order valence-corrected chi connectivity index (χ1v) is 38.8. The van der Waals surface area contributed by atoms with Crippen molar-refractivity contribution in [3.05, 3.63) is 82.2 Å². The Labute approximate surface area is 414 Å². The number of carboxylic acid groups (broad SMARTS) is 1. The van der Waals surface area contributed by atoms with Gasteiger partial charge in [-0.2, -0.15) is 0 Å². The third-order valence-electron chi connectivity index (χ3n) is 8.34. The Morgan fingerprint density at radius 1 is 0.707 bits per heavy atom. The summed E-state index contributed by atoms with van der Waals surface area (Å²) in [7, 11) is 6.03. The van der Waals surface area contributed by atoms with E-state index in [0.29, 0.717) is 29.8 Å². The maximum absolute atomic E-state index is 13.1. The third-order valence-corrected chi connectivity index (χ3v) is 8.34. The topological polar surface area (TPSA) is 148 Å². The molecule has 0 fully saturated rings. The molecule has 0 saturated carbocycles. The number of likely N-dealkylation sites (N-methyl/N-ethyl adjacent to an activating group) is 2. The van der Waals surface area contributed by atoms with Gasteiger partial charge in [-0.1, -0.05) is 86.7 Å². The number of pyridine rings is 2. The maximum atomic E-state index is 13.1. The van der Waals surface area contributed by atoms with Gasteiger partial charge in [0.25, 0.3) is 5.91 Å². The van der Waals surface area contributed by atoms with Crippen LogP contribution in [0.4, 0.5) is 0 Å². The minimum absolute atomic E-state index is 0.223. The summed E-state index contributed by atoms with van der Waals surface area (Å²) in [5.74, 6) is -1.82. The second-order valence-electron chi connectivity index (χ2n) is 12.1. The van der Waals surface area contributed by atoms with Crippen LogP contribution < -0.4 is 18.6 Å². The van der Waals surface area contributed by atoms with Gasteiger partial charge in [0, 0.05) is 66.4 Å². The average Bonchev–Trinajstić information content (AvgIpc) is 3.24. The van der Waals surface area contributed by atoms with Crippen LogP contribution in [0.5, 0.6) is 0 Å². The number of hydrogen-bond donors (Lipinski definition) is 2. The van der Waals surface area contributed by atoms with E-state index in [1.807, 2.05) is 95.9 Å². The van der Waals surface area contributed by atoms with E-state index in [0.717, 1.165) is 38.9 Å². The predicted octanol–water partition coefficient (Wildman–Crippen LogP) is 9.23. The molecule has 0 aliphatic carbocycles. The number of rotatable bonds is 6. The fraction of sp³-hybridized carbons (Fsp3) is 0.463. The fourth-order valence-corrected chi connectivity index (χ4v) is 4.58. The van der Waals surface area contributed by atoms with Crippen molar-refractivity contribution in [3.8, 4) is 0 Å². The van der Waals surface area contributed by atoms with Crippen molar-refractivity contribution in [2.75, 3.05) is 33.2 Å². The van der Waals surface area contributed by atoms with Crippen LogP contribution in [0.2, 0.25) is 0 Å². The number of alkyl halides is 1. The van der Waals surface area contributed by atoms with Gasteiger partial charge in [0.1, 0.15) is 11.1 Å². The fourth-order valence-electron chi connectivity index (χ4n) is 4.58. The van der Waals surface area contributed by atoms with Crippen LogP contribution in [0.3, 0.4) is 0 Å². The Kier molecular flexibility index (Phi) is 38.7. The number of fused-ring (bicyclic) bond motifs is 2. The summed E-state index contributed by atoms with van der Waals surface area (Å²) in [6.07, 6.45) is 0. The Morgan fingerprint density at radius 3 is 1.34 bits per heavy atom. The number of benzene rings is 2. The Balaban J connectivity index is -0.000000359. The molecule has 0 aliphatic heterocycles. The zero-order chi connectivity index (χ0) is 46.6. The first-order valence-electron chi connectivity index (χ1n) is 17.8. The standard InChI is InChI=1S/C18H22N2O3.C12H11NO2.C6H13NO2.2C2H6.CH3I.I3.I2/c1-11-12(2)19-14-10-8-7-9-13(14)15(11)16(21)20(5)18(3,4)17(22)23-6;1-7-8(2)13-10-6-4-3-5-9(10)11(7)12(14)15;1-6(2,7-3)5(8)9-4;3*1-2;1-3-2;1-2/h7-10H,1-6H3;3-6H,1-2H3,(H,14,15);7H,1-4H3;2*1-2H3;1H3;;/q;;;;;;-1;. The summed E-state index contributed by atoms with van der Waals surface area (Å²) in [4.78, 5) is 59.3. The molecule has 2 aromatic carbocycles. The van der Waals surface area contributed by atoms with E-state index in [9.17, 15) is 19.2 Å². The molecule has 17 heteroatoms. The number of methoxy groups -OCH3 is 2. The number of ether oxygens (including phenoxy) is 2. The molecular weight excluding hydrogens is 1420 g/mol. The van der Waals surface area contributed by atoms with E-state index in [4.69, 9.17) is 9.84 Å². The van der Waals surface area contributed by atoms with Crippen LogP contribution in [-0.2, 0) is 19.1 Å². The summed E-state index contributed by atoms with van der Waals surface area (Å²) in [6, 6.07) is 14.8. The number of aromatic carboxylic acids is 1. The van der Waals surface area contributed by atoms with Gasteiger partial charge in [0.05, 0.1) is 36.4 Å². The molecule has 4 rings (SSSR count). The summed E-state index contributed by atoms with van der Waals surface area (Å²) in [5.41, 5.74) is 3.95. The summed E-state index contributed by atoms with van der Waals surface area (Å²) in [5, 5.41) is 13.5. The third kappa shape index (κ3) is 20.1. The number of halogens is 6. The summed E-state index contributed by atoms with van der Waals surface area (Å²) < 4.78 is 9.32. The molecule has 0 bridgehead atoms. The van der Waals surface area contributed by atoms with Gasteiger partial charge >= 0.3 is 68.4 Å². The van der Waals surface area contributed by atoms with Crippen molar-refractivity contribution in [1.82, 2.24) is 20.2 Å². The van der Waals surface area contributed by atoms with Crippen molar-refractivity contribution in [3.63, 3.8) is 0 Å². The van der Waals surface area contributed by atoms with E-state index in [1.54, 1.807) is 54.8 Å². The van der Waals surface area contributed by atoms with Gasteiger partial charge in [-0.25, -0.2) is 9.59 Å². The van der Waals surface area contributed by atoms with Gasteiger partial charge in [-0.3, -0.25) is 19.6 Å². The number of carbonyl (C=O) groups excluding carboxylic acids is 3. The van der Waals surface area contributed by atoms with Gasteiger partial charge < -0.3 is 24.8 Å². The minimum atomic E-state index is -1.06. The van der Waals surface area contributed by atoms with Crippen LogP contribution in [0, 0.1) is 27.7 Å². The molecule has 2 aromatic heterocycles. The number of esters is 2. The van der Waals surface area contributed by atoms with E-state index in [2.05, 4.69) is 117 Å². The van der Waals surface area contributed by atoms with Crippen molar-refractivity contribution >= 4 is 143 Å². The van der Waals surface area contributed by atoms with Crippen LogP contribution >= 0.6 is 97.1 Å². The zero-order valence-electron chi connectivity index (χ0n) is 36.6. The number of aromatic nitrogens is 2. The molecule has 2 heterocycles. The molecule has 58 heavy (non-hydrogen) atoms. The number of nitrogens with one attached hydrogen (secondary N) is 1. The second-order valence-corrected chi connectivity index (χ2v) is 28.3. The van der Waals surface area contributed by atoms with Crippen LogP contribution in [-0.4, -0.2) is 88.1 Å². The van der Waals surface area contributed by atoms with Gasteiger partial charge in [0.15, 0.2) is 0 Å². The number of hydrogen-bond acceptors (Lipinski definition) is 9. The van der Waals surface area contributed by atoms with E-state index >= 15 is 0 Å². The molecule has 11 nitrogen and oxygen atoms in total. The summed E-state index contributed by atoms with van der Waals surface area (Å²) >= 11 is 11.7. The van der Waals surface area contributed by atoms with Crippen molar-refractivity contribution in [2.45, 2.75) is 94.2 Å². The van der Waals surface area contributed by atoms with Crippen molar-refractivity contribution < 1.29 is 47.0 Å². The van der Waals surface area contributed by atoms with Gasteiger partial charge in [-0.15, -0.1) is 0 Å². The van der Waals surface area contributed by atoms with Crippen molar-refractivity contribution in [2.24, 2.45) is 0 Å². The number of amides is 1. The van der Waals surface area contributed by atoms with Crippen LogP contribution in [0.1, 0.15) is 98.6 Å². The molecule has 0 atom stereocenters. The van der Waals surface area contributed by atoms with Crippen LogP contribution in [0.25, 0.3) is 21.8 Å². The quantitative estimate of drug-likeness (QED) is 0.109. The molecule has 4 aromatic rings. The Bertz CT molecular complexity index is 1840. The molecule has 0 saturated heterocycles. The van der Waals surface area contributed by atoms with E-state index in [-0.39, 0.29) is 11.9 Å². The molecule has 0 spiro atoms. The number of nitrogens with zero attached hydrogens (tertiary/aromatic N) is 3. The molecule has 330 valence electrons. The molecule has 1 amide bonds. The van der Waals surface area contributed by atoms with Crippen molar-refractivity contribution in [1.29, 1.82) is 0 Å². The molecule has 0 unspecified atom stereocenters. The second kappa shape index (κ2) is 35.0. The monoisotopic (exact) mass is 1480 g/mol. The zero-order valence-corrected chi connectivity index (χ0v) is 49.6. The molecule has 0 aliphatic rings. The number of carbonyl (C=O) groups is 4. The SMILES string of the molecule is CC.CC.CI.CNC(C)(C)C(=O)OC.COC(=O)C(C)(C)N(C)C(=O)c1c(C)c(C)nc2ccccc12.Cc1nc2ccccc2c(C(=O)O)c1C.II.I[I-]I. The summed E-state index contributed by atoms with van der Waals surface area (Å²) in [6.45, 7) is 22.2. The first kappa shape index (κ1) is 64.1. The number of para-hydroxylation sites is 2.